The predicted octanol–water partition coefficient (Wildman–Crippen LogP) is 0.901. The van der Waals surface area contributed by atoms with Gasteiger partial charge >= 0.3 is 5.97 Å². The summed E-state index contributed by atoms with van der Waals surface area (Å²) >= 11 is 0. The number of hydrogen-bond acceptors (Lipinski definition) is 5. The number of rotatable bonds is 5. The van der Waals surface area contributed by atoms with Gasteiger partial charge in [-0.05, 0) is 31.2 Å². The van der Waals surface area contributed by atoms with Crippen LogP contribution in [0.2, 0.25) is 0 Å². The van der Waals surface area contributed by atoms with Crippen LogP contribution in [-0.4, -0.2) is 58.9 Å². The molecule has 0 bridgehead atoms. The number of carbonyl (C=O) groups excluding carboxylic acids is 1. The number of aliphatic hydroxyl groups is 1. The molecule has 2 rings (SSSR count). The third-order valence-corrected chi connectivity index (χ3v) is 4.02. The molecular weight excluding hydrogens is 302 g/mol. The highest BCUT2D eigenvalue weighted by atomic mass is 16.5. The number of benzene rings is 1. The van der Waals surface area contributed by atoms with Gasteiger partial charge in [0.1, 0.15) is 11.5 Å². The molecule has 0 saturated carbocycles. The van der Waals surface area contributed by atoms with Crippen LogP contribution >= 0.6 is 0 Å². The number of aliphatic carboxylic acids is 1. The number of methoxy groups -OCH3 is 1. The lowest BCUT2D eigenvalue weighted by molar-refractivity contribution is -0.166. The molecule has 1 fully saturated rings. The van der Waals surface area contributed by atoms with E-state index in [2.05, 4.69) is 0 Å². The van der Waals surface area contributed by atoms with Crippen LogP contribution in [-0.2, 0) is 9.59 Å². The van der Waals surface area contributed by atoms with E-state index >= 15 is 0 Å². The smallest absolute Gasteiger partial charge is 0.335 e. The topological polar surface area (TPSA) is 96.3 Å². The molecule has 1 aromatic rings. The molecule has 1 amide bonds. The fraction of sp³-hybridized carbons (Fsp3) is 0.500. The van der Waals surface area contributed by atoms with Crippen LogP contribution in [0.5, 0.6) is 11.5 Å². The summed E-state index contributed by atoms with van der Waals surface area (Å²) < 4.78 is 10.7. The molecule has 0 spiro atoms. The van der Waals surface area contributed by atoms with Crippen molar-refractivity contribution in [3.63, 3.8) is 0 Å². The highest BCUT2D eigenvalue weighted by Crippen LogP contribution is 2.24. The first kappa shape index (κ1) is 17.1. The van der Waals surface area contributed by atoms with E-state index < -0.39 is 17.7 Å². The molecule has 23 heavy (non-hydrogen) atoms. The molecule has 0 radical (unpaired) electrons. The number of carboxylic acids is 1. The summed E-state index contributed by atoms with van der Waals surface area (Å²) in [6.45, 7) is 2.03. The molecular formula is C16H21NO6. The Morgan fingerprint density at radius 1 is 1.17 bits per heavy atom. The number of piperidine rings is 1. The summed E-state index contributed by atoms with van der Waals surface area (Å²) in [5, 5.41) is 18.9. The highest BCUT2D eigenvalue weighted by Gasteiger charge is 2.41. The summed E-state index contributed by atoms with van der Waals surface area (Å²) in [4.78, 5) is 24.9. The van der Waals surface area contributed by atoms with Gasteiger partial charge in [-0.15, -0.1) is 0 Å². The third kappa shape index (κ3) is 3.92. The minimum absolute atomic E-state index is 0.0172. The fourth-order valence-corrected chi connectivity index (χ4v) is 2.48. The molecule has 1 heterocycles. The van der Waals surface area contributed by atoms with E-state index in [0.29, 0.717) is 11.5 Å². The summed E-state index contributed by atoms with van der Waals surface area (Å²) in [5.74, 6) is -0.230. The van der Waals surface area contributed by atoms with Crippen LogP contribution < -0.4 is 9.47 Å². The molecule has 1 atom stereocenters. The molecule has 1 aliphatic heterocycles. The standard InChI is InChI=1S/C16H21NO6/c1-11(23-13-5-3-12(22-2)4-6-13)14(18)17-9-7-16(21,8-10-17)15(19)20/h3-6,11,21H,7-10H2,1-2H3,(H,19,20). The molecule has 1 aromatic carbocycles. The maximum absolute atomic E-state index is 12.4. The lowest BCUT2D eigenvalue weighted by Gasteiger charge is -2.36. The van der Waals surface area contributed by atoms with Gasteiger partial charge in [-0.2, -0.15) is 0 Å². The van der Waals surface area contributed by atoms with Gasteiger partial charge in [0.05, 0.1) is 7.11 Å². The molecule has 7 heteroatoms. The minimum Gasteiger partial charge on any atom is -0.497 e. The van der Waals surface area contributed by atoms with Crippen molar-refractivity contribution in [1.82, 2.24) is 4.90 Å². The van der Waals surface area contributed by atoms with Crippen LogP contribution in [0.3, 0.4) is 0 Å². The zero-order valence-electron chi connectivity index (χ0n) is 13.2. The number of nitrogens with zero attached hydrogens (tertiary/aromatic N) is 1. The van der Waals surface area contributed by atoms with E-state index in [1.165, 1.54) is 4.90 Å². The van der Waals surface area contributed by atoms with Crippen molar-refractivity contribution in [1.29, 1.82) is 0 Å². The van der Waals surface area contributed by atoms with Crippen LogP contribution in [0, 0.1) is 0 Å². The average Bonchev–Trinajstić information content (AvgIpc) is 2.55. The van der Waals surface area contributed by atoms with E-state index in [1.807, 2.05) is 0 Å². The van der Waals surface area contributed by atoms with E-state index in [1.54, 1.807) is 38.3 Å². The number of likely N-dealkylation sites (tertiary alicyclic amines) is 1. The monoisotopic (exact) mass is 323 g/mol. The second-order valence-electron chi connectivity index (χ2n) is 5.60. The van der Waals surface area contributed by atoms with Crippen LogP contribution in [0.1, 0.15) is 19.8 Å². The number of hydrogen-bond donors (Lipinski definition) is 2. The molecule has 0 aromatic heterocycles. The molecule has 126 valence electrons. The van der Waals surface area contributed by atoms with Crippen LogP contribution in [0.15, 0.2) is 24.3 Å². The maximum Gasteiger partial charge on any atom is 0.335 e. The van der Waals surface area contributed by atoms with Crippen molar-refractivity contribution in [2.24, 2.45) is 0 Å². The van der Waals surface area contributed by atoms with Gasteiger partial charge in [-0.25, -0.2) is 4.79 Å². The zero-order valence-corrected chi connectivity index (χ0v) is 13.2. The van der Waals surface area contributed by atoms with Crippen molar-refractivity contribution in [3.05, 3.63) is 24.3 Å². The van der Waals surface area contributed by atoms with E-state index in [0.717, 1.165) is 0 Å². The van der Waals surface area contributed by atoms with Crippen molar-refractivity contribution in [2.45, 2.75) is 31.5 Å². The molecule has 7 nitrogen and oxygen atoms in total. The first-order valence-corrected chi connectivity index (χ1v) is 7.41. The van der Waals surface area contributed by atoms with Crippen molar-refractivity contribution in [3.8, 4) is 11.5 Å². The molecule has 1 saturated heterocycles. The van der Waals surface area contributed by atoms with Crippen LogP contribution in [0.25, 0.3) is 0 Å². The first-order valence-electron chi connectivity index (χ1n) is 7.41. The van der Waals surface area contributed by atoms with E-state index in [4.69, 9.17) is 14.6 Å². The Kier molecular flexibility index (Phi) is 5.10. The summed E-state index contributed by atoms with van der Waals surface area (Å²) in [7, 11) is 1.57. The lowest BCUT2D eigenvalue weighted by Crippen LogP contribution is -2.53. The van der Waals surface area contributed by atoms with Crippen molar-refractivity contribution < 1.29 is 29.3 Å². The van der Waals surface area contributed by atoms with E-state index in [9.17, 15) is 14.7 Å². The summed E-state index contributed by atoms with van der Waals surface area (Å²) in [6.07, 6.45) is -0.661. The molecule has 1 unspecified atom stereocenters. The number of carboxylic acid groups (broad SMARTS) is 1. The predicted molar refractivity (Wildman–Crippen MR) is 81.5 cm³/mol. The van der Waals surface area contributed by atoms with Gasteiger partial charge in [-0.3, -0.25) is 4.79 Å². The van der Waals surface area contributed by atoms with Gasteiger partial charge in [0.2, 0.25) is 0 Å². The average molecular weight is 323 g/mol. The van der Waals surface area contributed by atoms with Gasteiger partial charge in [-0.1, -0.05) is 0 Å². The molecule has 1 aliphatic rings. The Bertz CT molecular complexity index is 562. The Morgan fingerprint density at radius 2 is 1.70 bits per heavy atom. The lowest BCUT2D eigenvalue weighted by atomic mass is 9.91. The first-order chi connectivity index (χ1) is 10.9. The van der Waals surface area contributed by atoms with Crippen molar-refractivity contribution in [2.75, 3.05) is 20.2 Å². The van der Waals surface area contributed by atoms with Crippen molar-refractivity contribution >= 4 is 11.9 Å². The second-order valence-corrected chi connectivity index (χ2v) is 5.60. The highest BCUT2D eigenvalue weighted by molar-refractivity contribution is 5.82. The maximum atomic E-state index is 12.4. The van der Waals surface area contributed by atoms with E-state index in [-0.39, 0.29) is 31.8 Å². The minimum atomic E-state index is -1.74. The molecule has 0 aliphatic carbocycles. The number of amides is 1. The van der Waals surface area contributed by atoms with Gasteiger partial charge in [0.15, 0.2) is 11.7 Å². The van der Waals surface area contributed by atoms with Gasteiger partial charge in [0.25, 0.3) is 5.91 Å². The Hall–Kier alpha value is -2.28. The summed E-state index contributed by atoms with van der Waals surface area (Å²) in [6, 6.07) is 6.89. The summed E-state index contributed by atoms with van der Waals surface area (Å²) in [5.41, 5.74) is -1.74. The largest absolute Gasteiger partial charge is 0.497 e. The Balaban J connectivity index is 1.91. The zero-order chi connectivity index (χ0) is 17.0. The molecule has 2 N–H and O–H groups in total. The Labute approximate surface area is 134 Å². The van der Waals surface area contributed by atoms with Gasteiger partial charge < -0.3 is 24.6 Å². The van der Waals surface area contributed by atoms with Crippen LogP contribution in [0.4, 0.5) is 0 Å². The SMILES string of the molecule is COc1ccc(OC(C)C(=O)N2CCC(O)(C(=O)O)CC2)cc1. The normalized spacial score (nSPS) is 18.1. The second kappa shape index (κ2) is 6.87. The van der Waals surface area contributed by atoms with Gasteiger partial charge in [0, 0.05) is 25.9 Å². The number of carbonyl (C=O) groups is 2. The fourth-order valence-electron chi connectivity index (χ4n) is 2.48. The Morgan fingerprint density at radius 3 is 2.17 bits per heavy atom. The quantitative estimate of drug-likeness (QED) is 0.836. The number of ether oxygens (including phenoxy) is 2. The third-order valence-electron chi connectivity index (χ3n) is 4.02.